The second kappa shape index (κ2) is 5.68. The van der Waals surface area contributed by atoms with Gasteiger partial charge in [0.05, 0.1) is 29.9 Å². The van der Waals surface area contributed by atoms with Gasteiger partial charge in [-0.15, -0.1) is 0 Å². The van der Waals surface area contributed by atoms with E-state index < -0.39 is 0 Å². The van der Waals surface area contributed by atoms with Crippen LogP contribution in [0.25, 0.3) is 11.4 Å². The topological polar surface area (TPSA) is 18.0 Å². The molecule has 0 radical (unpaired) electrons. The van der Waals surface area contributed by atoms with Crippen LogP contribution >= 0.6 is 0 Å². The molecule has 22 heavy (non-hydrogen) atoms. The predicted octanol–water partition coefficient (Wildman–Crippen LogP) is 3.49. The second-order valence-corrected chi connectivity index (χ2v) is 5.48. The van der Waals surface area contributed by atoms with E-state index in [2.05, 4.69) is 60.5 Å². The number of hydrogen-bond donors (Lipinski definition) is 0. The molecule has 112 valence electrons. The minimum absolute atomic E-state index is 0.858. The molecule has 0 saturated carbocycles. The van der Waals surface area contributed by atoms with Crippen molar-refractivity contribution in [2.45, 2.75) is 20.8 Å². The first-order valence-corrected chi connectivity index (χ1v) is 7.35. The third-order valence-electron chi connectivity index (χ3n) is 4.02. The Morgan fingerprint density at radius 2 is 1.55 bits per heavy atom. The molecule has 0 aliphatic carbocycles. The SMILES string of the molecule is COc1ccc(-n2[c-][n+](-c3ccc(C)cc3)c(C)c2C)cc1. The summed E-state index contributed by atoms with van der Waals surface area (Å²) in [6.07, 6.45) is 3.43. The maximum atomic E-state index is 5.22. The Morgan fingerprint density at radius 3 is 2.14 bits per heavy atom. The Balaban J connectivity index is 2.06. The van der Waals surface area contributed by atoms with Crippen LogP contribution in [0.1, 0.15) is 17.0 Å². The number of methoxy groups -OCH3 is 1. The van der Waals surface area contributed by atoms with Crippen molar-refractivity contribution in [3.8, 4) is 17.1 Å². The minimum Gasteiger partial charge on any atom is -0.497 e. The van der Waals surface area contributed by atoms with Crippen molar-refractivity contribution in [3.05, 3.63) is 71.8 Å². The fraction of sp³-hybridized carbons (Fsp3) is 0.211. The molecule has 3 rings (SSSR count). The lowest BCUT2D eigenvalue weighted by Gasteiger charge is -2.05. The van der Waals surface area contributed by atoms with Gasteiger partial charge in [-0.05, 0) is 57.2 Å². The van der Waals surface area contributed by atoms with E-state index >= 15 is 0 Å². The molecule has 0 amide bonds. The summed E-state index contributed by atoms with van der Waals surface area (Å²) >= 11 is 0. The highest BCUT2D eigenvalue weighted by molar-refractivity contribution is 5.39. The summed E-state index contributed by atoms with van der Waals surface area (Å²) in [6, 6.07) is 16.5. The molecule has 3 heteroatoms. The van der Waals surface area contributed by atoms with Crippen molar-refractivity contribution < 1.29 is 9.30 Å². The first-order valence-electron chi connectivity index (χ1n) is 7.35. The minimum atomic E-state index is 0.858. The Morgan fingerprint density at radius 1 is 0.909 bits per heavy atom. The Bertz CT molecular complexity index is 784. The fourth-order valence-corrected chi connectivity index (χ4v) is 2.50. The summed E-state index contributed by atoms with van der Waals surface area (Å²) in [5.74, 6) is 0.858. The van der Waals surface area contributed by atoms with Gasteiger partial charge in [0.1, 0.15) is 5.75 Å². The van der Waals surface area contributed by atoms with Crippen molar-refractivity contribution in [1.82, 2.24) is 4.57 Å². The average Bonchev–Trinajstić information content (AvgIpc) is 2.84. The highest BCUT2D eigenvalue weighted by Gasteiger charge is 2.12. The number of rotatable bonds is 3. The highest BCUT2D eigenvalue weighted by Crippen LogP contribution is 2.18. The van der Waals surface area contributed by atoms with E-state index in [9.17, 15) is 0 Å². The van der Waals surface area contributed by atoms with Gasteiger partial charge in [-0.3, -0.25) is 9.13 Å². The van der Waals surface area contributed by atoms with Crippen LogP contribution in [0.5, 0.6) is 5.75 Å². The molecule has 0 saturated heterocycles. The van der Waals surface area contributed by atoms with Crippen molar-refractivity contribution in [1.29, 1.82) is 0 Å². The van der Waals surface area contributed by atoms with Crippen LogP contribution in [0.4, 0.5) is 0 Å². The molecule has 0 bridgehead atoms. The van der Waals surface area contributed by atoms with E-state index in [1.165, 1.54) is 17.0 Å². The lowest BCUT2D eigenvalue weighted by Crippen LogP contribution is -2.32. The molecule has 0 aliphatic heterocycles. The first-order chi connectivity index (χ1) is 10.6. The van der Waals surface area contributed by atoms with E-state index in [4.69, 9.17) is 4.74 Å². The van der Waals surface area contributed by atoms with Crippen molar-refractivity contribution in [2.24, 2.45) is 0 Å². The van der Waals surface area contributed by atoms with Crippen LogP contribution < -0.4 is 9.30 Å². The summed E-state index contributed by atoms with van der Waals surface area (Å²) in [4.78, 5) is 0. The zero-order valence-electron chi connectivity index (χ0n) is 13.4. The summed E-state index contributed by atoms with van der Waals surface area (Å²) in [5.41, 5.74) is 5.81. The lowest BCUT2D eigenvalue weighted by atomic mass is 10.2. The molecule has 1 heterocycles. The predicted molar refractivity (Wildman–Crippen MR) is 86.9 cm³/mol. The van der Waals surface area contributed by atoms with Crippen molar-refractivity contribution >= 4 is 0 Å². The molecule has 3 aromatic rings. The number of aryl methyl sites for hydroxylation is 1. The van der Waals surface area contributed by atoms with Gasteiger partial charge in [-0.25, -0.2) is 0 Å². The molecule has 0 unspecified atom stereocenters. The summed E-state index contributed by atoms with van der Waals surface area (Å²) < 4.78 is 9.39. The third kappa shape index (κ3) is 2.50. The monoisotopic (exact) mass is 292 g/mol. The number of nitrogens with zero attached hydrogens (tertiary/aromatic N) is 2. The summed E-state index contributed by atoms with van der Waals surface area (Å²) in [5, 5.41) is 0. The Labute approximate surface area is 131 Å². The third-order valence-corrected chi connectivity index (χ3v) is 4.02. The molecular weight excluding hydrogens is 272 g/mol. The zero-order valence-corrected chi connectivity index (χ0v) is 13.4. The lowest BCUT2D eigenvalue weighted by molar-refractivity contribution is -0.606. The van der Waals surface area contributed by atoms with Gasteiger partial charge < -0.3 is 4.74 Å². The Hall–Kier alpha value is -2.55. The highest BCUT2D eigenvalue weighted by atomic mass is 16.5. The largest absolute Gasteiger partial charge is 0.497 e. The van der Waals surface area contributed by atoms with Gasteiger partial charge in [0.2, 0.25) is 0 Å². The molecule has 3 nitrogen and oxygen atoms in total. The normalized spacial score (nSPS) is 10.7. The molecule has 1 aromatic heterocycles. The molecule has 0 spiro atoms. The fourth-order valence-electron chi connectivity index (χ4n) is 2.50. The zero-order chi connectivity index (χ0) is 15.7. The number of benzene rings is 2. The molecule has 2 aromatic carbocycles. The first kappa shape index (κ1) is 14.4. The smallest absolute Gasteiger partial charge is 0.269 e. The van der Waals surface area contributed by atoms with E-state index in [1.807, 2.05) is 24.3 Å². The van der Waals surface area contributed by atoms with E-state index in [0.29, 0.717) is 0 Å². The van der Waals surface area contributed by atoms with Gasteiger partial charge in [0.15, 0.2) is 0 Å². The number of aromatic nitrogens is 2. The van der Waals surface area contributed by atoms with Crippen LogP contribution in [0.3, 0.4) is 0 Å². The van der Waals surface area contributed by atoms with Gasteiger partial charge >= 0.3 is 0 Å². The van der Waals surface area contributed by atoms with Crippen molar-refractivity contribution in [3.63, 3.8) is 0 Å². The molecular formula is C19H20N2O. The van der Waals surface area contributed by atoms with Gasteiger partial charge in [-0.1, -0.05) is 17.7 Å². The summed E-state index contributed by atoms with van der Waals surface area (Å²) in [6.45, 7) is 6.32. The Kier molecular flexibility index (Phi) is 3.72. The van der Waals surface area contributed by atoms with Crippen LogP contribution in [-0.2, 0) is 0 Å². The number of hydrogen-bond acceptors (Lipinski definition) is 1. The van der Waals surface area contributed by atoms with Crippen LogP contribution in [0, 0.1) is 27.1 Å². The number of ether oxygens (including phenoxy) is 1. The average molecular weight is 292 g/mol. The molecule has 0 N–H and O–H groups in total. The van der Waals surface area contributed by atoms with Gasteiger partial charge in [0.25, 0.3) is 6.33 Å². The van der Waals surface area contributed by atoms with Gasteiger partial charge in [0, 0.05) is 0 Å². The van der Waals surface area contributed by atoms with E-state index in [0.717, 1.165) is 17.1 Å². The number of imidazole rings is 1. The maximum absolute atomic E-state index is 5.22. The molecule has 0 aliphatic rings. The molecule has 0 atom stereocenters. The summed E-state index contributed by atoms with van der Waals surface area (Å²) in [7, 11) is 1.68. The van der Waals surface area contributed by atoms with Crippen LogP contribution in [0.15, 0.2) is 48.5 Å². The standard InChI is InChI=1S/C19H20N2O/c1-14-5-7-17(8-6-14)20-13-21(16(3)15(20)2)18-9-11-19(22-4)12-10-18/h5-12H,1-4H3. The van der Waals surface area contributed by atoms with E-state index in [1.54, 1.807) is 7.11 Å². The van der Waals surface area contributed by atoms with Crippen LogP contribution in [-0.4, -0.2) is 11.7 Å². The van der Waals surface area contributed by atoms with Gasteiger partial charge in [-0.2, -0.15) is 0 Å². The molecule has 0 fully saturated rings. The van der Waals surface area contributed by atoms with Crippen molar-refractivity contribution in [2.75, 3.05) is 7.11 Å². The second-order valence-electron chi connectivity index (χ2n) is 5.48. The van der Waals surface area contributed by atoms with E-state index in [-0.39, 0.29) is 0 Å². The van der Waals surface area contributed by atoms with Crippen LogP contribution in [0.2, 0.25) is 0 Å². The quantitative estimate of drug-likeness (QED) is 0.534. The maximum Gasteiger partial charge on any atom is 0.269 e.